The summed E-state index contributed by atoms with van der Waals surface area (Å²) in [5, 5.41) is 1.19. The van der Waals surface area contributed by atoms with Crippen molar-refractivity contribution in [2.75, 3.05) is 13.1 Å². The minimum atomic E-state index is 0.295. The minimum Gasteiger partial charge on any atom is -0.459 e. The summed E-state index contributed by atoms with van der Waals surface area (Å²) in [6.45, 7) is 6.39. The topological polar surface area (TPSA) is 42.4 Å². The zero-order chi connectivity index (χ0) is 14.8. The van der Waals surface area contributed by atoms with E-state index in [9.17, 15) is 0 Å². The lowest BCUT2D eigenvalue weighted by Gasteiger charge is -2.41. The van der Waals surface area contributed by atoms with E-state index in [0.717, 1.165) is 30.4 Å². The molecule has 0 radical (unpaired) electrons. The first-order chi connectivity index (χ1) is 10.2. The largest absolute Gasteiger partial charge is 0.459 e. The molecule has 3 rings (SSSR count). The van der Waals surface area contributed by atoms with Crippen molar-refractivity contribution in [3.63, 3.8) is 0 Å². The number of furan rings is 1. The van der Waals surface area contributed by atoms with Crippen molar-refractivity contribution in [2.24, 2.45) is 11.7 Å². The van der Waals surface area contributed by atoms with Crippen molar-refractivity contribution in [3.05, 3.63) is 36.1 Å². The van der Waals surface area contributed by atoms with Crippen LogP contribution in [0.25, 0.3) is 11.0 Å². The molecule has 1 fully saturated rings. The van der Waals surface area contributed by atoms with Gasteiger partial charge in [-0.3, -0.25) is 4.90 Å². The smallest absolute Gasteiger partial charge is 0.134 e. The number of benzene rings is 1. The van der Waals surface area contributed by atoms with E-state index in [4.69, 9.17) is 10.2 Å². The molecule has 1 aromatic carbocycles. The summed E-state index contributed by atoms with van der Waals surface area (Å²) in [7, 11) is 0. The van der Waals surface area contributed by atoms with E-state index in [1.165, 1.54) is 24.6 Å². The standard InChI is InChI=1S/C18H26N2O/c1-3-14-8-9-20(16(10-14)12-19)13(2)18-11-15-6-4-5-7-17(15)21-18/h4-7,11,13-14,16H,3,8-10,12,19H2,1-2H3. The van der Waals surface area contributed by atoms with E-state index in [-0.39, 0.29) is 0 Å². The number of nitrogens with zero attached hydrogens (tertiary/aromatic N) is 1. The summed E-state index contributed by atoms with van der Waals surface area (Å²) >= 11 is 0. The molecular weight excluding hydrogens is 260 g/mol. The molecule has 2 N–H and O–H groups in total. The molecule has 0 saturated carbocycles. The predicted molar refractivity (Wildman–Crippen MR) is 87.2 cm³/mol. The molecule has 1 aliphatic heterocycles. The Morgan fingerprint density at radius 1 is 1.38 bits per heavy atom. The van der Waals surface area contributed by atoms with Crippen LogP contribution in [-0.4, -0.2) is 24.0 Å². The molecule has 3 heteroatoms. The molecule has 0 bridgehead atoms. The molecule has 3 unspecified atom stereocenters. The molecule has 0 amide bonds. The molecule has 21 heavy (non-hydrogen) atoms. The first-order valence-electron chi connectivity index (χ1n) is 8.17. The van der Waals surface area contributed by atoms with Gasteiger partial charge >= 0.3 is 0 Å². The summed E-state index contributed by atoms with van der Waals surface area (Å²) in [4.78, 5) is 2.53. The van der Waals surface area contributed by atoms with Crippen LogP contribution in [0.15, 0.2) is 34.7 Å². The van der Waals surface area contributed by atoms with Crippen molar-refractivity contribution >= 4 is 11.0 Å². The van der Waals surface area contributed by atoms with Gasteiger partial charge in [0.25, 0.3) is 0 Å². The highest BCUT2D eigenvalue weighted by Gasteiger charge is 2.31. The molecule has 1 saturated heterocycles. The monoisotopic (exact) mass is 286 g/mol. The van der Waals surface area contributed by atoms with Gasteiger partial charge in [-0.25, -0.2) is 0 Å². The van der Waals surface area contributed by atoms with Gasteiger partial charge in [0.2, 0.25) is 0 Å². The molecule has 0 spiro atoms. The van der Waals surface area contributed by atoms with Crippen LogP contribution in [0.2, 0.25) is 0 Å². The lowest BCUT2D eigenvalue weighted by Crippen LogP contribution is -2.47. The highest BCUT2D eigenvalue weighted by molar-refractivity contribution is 5.77. The second kappa shape index (κ2) is 6.20. The Morgan fingerprint density at radius 2 is 2.19 bits per heavy atom. The van der Waals surface area contributed by atoms with Crippen LogP contribution in [0.1, 0.15) is 44.9 Å². The first-order valence-corrected chi connectivity index (χ1v) is 8.17. The van der Waals surface area contributed by atoms with Crippen molar-refractivity contribution in [1.29, 1.82) is 0 Å². The van der Waals surface area contributed by atoms with Crippen LogP contribution in [-0.2, 0) is 0 Å². The lowest BCUT2D eigenvalue weighted by molar-refractivity contribution is 0.0686. The Kier molecular flexibility index (Phi) is 4.32. The number of nitrogens with two attached hydrogens (primary N) is 1. The Bertz CT molecular complexity index is 559. The fourth-order valence-electron chi connectivity index (χ4n) is 3.64. The molecule has 1 aromatic heterocycles. The van der Waals surface area contributed by atoms with E-state index in [2.05, 4.69) is 36.9 Å². The maximum absolute atomic E-state index is 6.05. The number of hydrogen-bond acceptors (Lipinski definition) is 3. The van der Waals surface area contributed by atoms with E-state index >= 15 is 0 Å². The van der Waals surface area contributed by atoms with Crippen molar-refractivity contribution < 1.29 is 4.42 Å². The molecule has 3 atom stereocenters. The number of hydrogen-bond donors (Lipinski definition) is 1. The predicted octanol–water partition coefficient (Wildman–Crippen LogP) is 3.94. The third kappa shape index (κ3) is 2.85. The van der Waals surface area contributed by atoms with Gasteiger partial charge < -0.3 is 10.2 Å². The Hall–Kier alpha value is -1.32. The lowest BCUT2D eigenvalue weighted by atomic mass is 9.88. The molecule has 3 nitrogen and oxygen atoms in total. The third-order valence-electron chi connectivity index (χ3n) is 5.07. The van der Waals surface area contributed by atoms with Crippen LogP contribution in [0.5, 0.6) is 0 Å². The van der Waals surface area contributed by atoms with Crippen LogP contribution < -0.4 is 5.73 Å². The van der Waals surface area contributed by atoms with Gasteiger partial charge in [0, 0.05) is 18.0 Å². The van der Waals surface area contributed by atoms with Gasteiger partial charge in [0.15, 0.2) is 0 Å². The van der Waals surface area contributed by atoms with Gasteiger partial charge in [-0.05, 0) is 44.4 Å². The molecule has 114 valence electrons. The second-order valence-corrected chi connectivity index (χ2v) is 6.29. The maximum atomic E-state index is 6.05. The van der Waals surface area contributed by atoms with Crippen LogP contribution >= 0.6 is 0 Å². The van der Waals surface area contributed by atoms with Gasteiger partial charge in [0.1, 0.15) is 11.3 Å². The van der Waals surface area contributed by atoms with E-state index in [1.54, 1.807) is 0 Å². The van der Waals surface area contributed by atoms with E-state index in [1.807, 2.05) is 12.1 Å². The number of para-hydroxylation sites is 1. The molecule has 1 aliphatic rings. The Balaban J connectivity index is 1.81. The normalized spacial score (nSPS) is 25.3. The number of likely N-dealkylation sites (tertiary alicyclic amines) is 1. The fraction of sp³-hybridized carbons (Fsp3) is 0.556. The average Bonchev–Trinajstić information content (AvgIpc) is 2.97. The van der Waals surface area contributed by atoms with Crippen molar-refractivity contribution in [1.82, 2.24) is 4.90 Å². The zero-order valence-electron chi connectivity index (χ0n) is 13.1. The molecule has 2 heterocycles. The Labute approximate surface area is 127 Å². The van der Waals surface area contributed by atoms with Gasteiger partial charge in [-0.15, -0.1) is 0 Å². The number of piperidine rings is 1. The average molecular weight is 286 g/mol. The summed E-state index contributed by atoms with van der Waals surface area (Å²) in [5.74, 6) is 1.89. The number of rotatable bonds is 4. The maximum Gasteiger partial charge on any atom is 0.134 e. The fourth-order valence-corrected chi connectivity index (χ4v) is 3.64. The van der Waals surface area contributed by atoms with E-state index < -0.39 is 0 Å². The summed E-state index contributed by atoms with van der Waals surface area (Å²) < 4.78 is 6.05. The zero-order valence-corrected chi connectivity index (χ0v) is 13.1. The first kappa shape index (κ1) is 14.6. The minimum absolute atomic E-state index is 0.295. The van der Waals surface area contributed by atoms with E-state index in [0.29, 0.717) is 12.1 Å². The van der Waals surface area contributed by atoms with Crippen LogP contribution in [0, 0.1) is 5.92 Å². The van der Waals surface area contributed by atoms with Crippen molar-refractivity contribution in [3.8, 4) is 0 Å². The highest BCUT2D eigenvalue weighted by atomic mass is 16.3. The molecule has 2 aromatic rings. The van der Waals surface area contributed by atoms with Gasteiger partial charge in [0.05, 0.1) is 6.04 Å². The second-order valence-electron chi connectivity index (χ2n) is 6.29. The molecule has 0 aliphatic carbocycles. The quantitative estimate of drug-likeness (QED) is 0.925. The van der Waals surface area contributed by atoms with Crippen molar-refractivity contribution in [2.45, 2.75) is 45.2 Å². The van der Waals surface area contributed by atoms with Crippen LogP contribution in [0.4, 0.5) is 0 Å². The summed E-state index contributed by atoms with van der Waals surface area (Å²) in [6, 6.07) is 11.2. The number of fused-ring (bicyclic) bond motifs is 1. The SMILES string of the molecule is CCC1CCN(C(C)c2cc3ccccc3o2)C(CN)C1. The third-order valence-corrected chi connectivity index (χ3v) is 5.07. The van der Waals surface area contributed by atoms with Crippen LogP contribution in [0.3, 0.4) is 0 Å². The molecular formula is C18H26N2O. The van der Waals surface area contributed by atoms with Gasteiger partial charge in [-0.2, -0.15) is 0 Å². The summed E-state index contributed by atoms with van der Waals surface area (Å²) in [6.07, 6.45) is 3.76. The summed E-state index contributed by atoms with van der Waals surface area (Å²) in [5.41, 5.74) is 7.01. The van der Waals surface area contributed by atoms with Gasteiger partial charge in [-0.1, -0.05) is 31.5 Å². The highest BCUT2D eigenvalue weighted by Crippen LogP contribution is 2.34. The Morgan fingerprint density at radius 3 is 2.90 bits per heavy atom.